The molecule has 3 rings (SSSR count). The van der Waals surface area contributed by atoms with Crippen molar-refractivity contribution >= 4 is 17.5 Å². The molecule has 0 aliphatic heterocycles. The lowest BCUT2D eigenvalue weighted by Crippen LogP contribution is -2.28. The van der Waals surface area contributed by atoms with Crippen LogP contribution in [0.25, 0.3) is 0 Å². The fraction of sp³-hybridized carbons (Fsp3) is 0.364. The molecule has 0 radical (unpaired) electrons. The van der Waals surface area contributed by atoms with E-state index in [1.165, 1.54) is 0 Å². The predicted molar refractivity (Wildman–Crippen MR) is 106 cm³/mol. The van der Waals surface area contributed by atoms with Crippen LogP contribution >= 0.6 is 0 Å². The molecular formula is C22H26N2O3. The molecule has 0 aromatic heterocycles. The molecule has 2 amide bonds. The van der Waals surface area contributed by atoms with Crippen LogP contribution in [0.4, 0.5) is 5.69 Å². The van der Waals surface area contributed by atoms with E-state index in [9.17, 15) is 14.7 Å². The predicted octanol–water partition coefficient (Wildman–Crippen LogP) is 4.18. The summed E-state index contributed by atoms with van der Waals surface area (Å²) in [5, 5.41) is 15.8. The third-order valence-corrected chi connectivity index (χ3v) is 5.06. The molecule has 0 bridgehead atoms. The number of aromatic hydroxyl groups is 1. The molecule has 5 heteroatoms. The normalized spacial score (nSPS) is 13.9. The summed E-state index contributed by atoms with van der Waals surface area (Å²) in [6.45, 7) is 4.40. The summed E-state index contributed by atoms with van der Waals surface area (Å²) in [6, 6.07) is 12.6. The van der Waals surface area contributed by atoms with Crippen molar-refractivity contribution in [2.24, 2.45) is 5.92 Å². The van der Waals surface area contributed by atoms with E-state index in [0.717, 1.165) is 36.1 Å². The van der Waals surface area contributed by atoms with Gasteiger partial charge in [-0.1, -0.05) is 38.5 Å². The Hall–Kier alpha value is -2.82. The molecule has 0 spiro atoms. The van der Waals surface area contributed by atoms with E-state index >= 15 is 0 Å². The number of anilines is 1. The average molecular weight is 366 g/mol. The smallest absolute Gasteiger partial charge is 0.255 e. The minimum absolute atomic E-state index is 0.0292. The van der Waals surface area contributed by atoms with Gasteiger partial charge in [0.15, 0.2) is 0 Å². The van der Waals surface area contributed by atoms with Gasteiger partial charge in [0.05, 0.1) is 5.56 Å². The van der Waals surface area contributed by atoms with Gasteiger partial charge in [-0.2, -0.15) is 0 Å². The van der Waals surface area contributed by atoms with Crippen molar-refractivity contribution in [3.63, 3.8) is 0 Å². The van der Waals surface area contributed by atoms with Gasteiger partial charge in [-0.05, 0) is 54.2 Å². The summed E-state index contributed by atoms with van der Waals surface area (Å²) in [4.78, 5) is 24.5. The molecule has 1 saturated carbocycles. The molecule has 142 valence electrons. The Labute approximate surface area is 159 Å². The highest BCUT2D eigenvalue weighted by Crippen LogP contribution is 2.28. The summed E-state index contributed by atoms with van der Waals surface area (Å²) in [5.41, 5.74) is 2.90. The average Bonchev–Trinajstić information content (AvgIpc) is 2.58. The molecule has 2 aromatic carbocycles. The maximum atomic E-state index is 12.5. The third-order valence-electron chi connectivity index (χ3n) is 5.06. The second-order valence-electron chi connectivity index (χ2n) is 7.43. The zero-order valence-corrected chi connectivity index (χ0v) is 15.8. The standard InChI is InChI=1S/C22H26N2O3/c1-14(2)17-9-10-20(25)19(12-17)22(27)23-13-15-5-3-8-18(11-15)24-21(26)16-6-4-7-16/h3,5,8-12,14,16,25H,4,6-7,13H2,1-2H3,(H,23,27)(H,24,26). The van der Waals surface area contributed by atoms with E-state index in [2.05, 4.69) is 10.6 Å². The van der Waals surface area contributed by atoms with Crippen LogP contribution < -0.4 is 10.6 Å². The number of rotatable bonds is 6. The van der Waals surface area contributed by atoms with Crippen molar-refractivity contribution in [1.82, 2.24) is 5.32 Å². The molecule has 27 heavy (non-hydrogen) atoms. The van der Waals surface area contributed by atoms with Crippen molar-refractivity contribution < 1.29 is 14.7 Å². The SMILES string of the molecule is CC(C)c1ccc(O)c(C(=O)NCc2cccc(NC(=O)C3CCC3)c2)c1. The quantitative estimate of drug-likeness (QED) is 0.717. The highest BCUT2D eigenvalue weighted by Gasteiger charge is 2.25. The summed E-state index contributed by atoms with van der Waals surface area (Å²) in [6.07, 6.45) is 3.04. The topological polar surface area (TPSA) is 78.4 Å². The van der Waals surface area contributed by atoms with E-state index in [1.807, 2.05) is 44.2 Å². The number of hydrogen-bond donors (Lipinski definition) is 3. The monoisotopic (exact) mass is 366 g/mol. The lowest BCUT2D eigenvalue weighted by atomic mass is 9.85. The van der Waals surface area contributed by atoms with Crippen molar-refractivity contribution in [3.05, 3.63) is 59.2 Å². The second kappa shape index (κ2) is 8.25. The van der Waals surface area contributed by atoms with Crippen LogP contribution in [0, 0.1) is 5.92 Å². The summed E-state index contributed by atoms with van der Waals surface area (Å²) in [5.74, 6) is 0.118. The second-order valence-corrected chi connectivity index (χ2v) is 7.43. The molecule has 1 aliphatic carbocycles. The molecule has 0 atom stereocenters. The van der Waals surface area contributed by atoms with Crippen molar-refractivity contribution in [2.75, 3.05) is 5.32 Å². The number of hydrogen-bond acceptors (Lipinski definition) is 3. The first-order chi connectivity index (χ1) is 12.9. The molecular weight excluding hydrogens is 340 g/mol. The van der Waals surface area contributed by atoms with Crippen molar-refractivity contribution in [1.29, 1.82) is 0 Å². The highest BCUT2D eigenvalue weighted by atomic mass is 16.3. The number of phenolic OH excluding ortho intramolecular Hbond substituents is 1. The van der Waals surface area contributed by atoms with Crippen molar-refractivity contribution in [3.8, 4) is 5.75 Å². The summed E-state index contributed by atoms with van der Waals surface area (Å²) >= 11 is 0. The van der Waals surface area contributed by atoms with E-state index < -0.39 is 0 Å². The number of nitrogens with one attached hydrogen (secondary N) is 2. The fourth-order valence-corrected chi connectivity index (χ4v) is 3.05. The molecule has 1 fully saturated rings. The fourth-order valence-electron chi connectivity index (χ4n) is 3.05. The van der Waals surface area contributed by atoms with Gasteiger partial charge in [0, 0.05) is 18.2 Å². The zero-order valence-electron chi connectivity index (χ0n) is 15.8. The third kappa shape index (κ3) is 4.67. The molecule has 2 aromatic rings. The molecule has 3 N–H and O–H groups in total. The van der Waals surface area contributed by atoms with E-state index in [0.29, 0.717) is 6.54 Å². The van der Waals surface area contributed by atoms with E-state index in [4.69, 9.17) is 0 Å². The summed E-state index contributed by atoms with van der Waals surface area (Å²) < 4.78 is 0. The summed E-state index contributed by atoms with van der Waals surface area (Å²) in [7, 11) is 0. The largest absolute Gasteiger partial charge is 0.507 e. The Kier molecular flexibility index (Phi) is 5.79. The number of amides is 2. The molecule has 0 saturated heterocycles. The maximum Gasteiger partial charge on any atom is 0.255 e. The molecule has 5 nitrogen and oxygen atoms in total. The number of carbonyl (C=O) groups excluding carboxylic acids is 2. The minimum Gasteiger partial charge on any atom is -0.507 e. The molecule has 1 aliphatic rings. The Morgan fingerprint density at radius 3 is 2.59 bits per heavy atom. The Balaban J connectivity index is 1.63. The first-order valence-electron chi connectivity index (χ1n) is 9.45. The van der Waals surface area contributed by atoms with Gasteiger partial charge in [-0.25, -0.2) is 0 Å². The number of carbonyl (C=O) groups is 2. The van der Waals surface area contributed by atoms with Gasteiger partial charge in [0.2, 0.25) is 5.91 Å². The zero-order chi connectivity index (χ0) is 19.4. The van der Waals surface area contributed by atoms with Crippen LogP contribution in [0.15, 0.2) is 42.5 Å². The van der Waals surface area contributed by atoms with E-state index in [-0.39, 0.29) is 35.0 Å². The number of benzene rings is 2. The van der Waals surface area contributed by atoms with Crippen molar-refractivity contribution in [2.45, 2.75) is 45.6 Å². The van der Waals surface area contributed by atoms with Gasteiger partial charge < -0.3 is 15.7 Å². The first-order valence-corrected chi connectivity index (χ1v) is 9.45. The van der Waals surface area contributed by atoms with Crippen LogP contribution in [0.3, 0.4) is 0 Å². The van der Waals surface area contributed by atoms with E-state index in [1.54, 1.807) is 12.1 Å². The molecule has 0 unspecified atom stereocenters. The Morgan fingerprint density at radius 1 is 1.15 bits per heavy atom. The van der Waals surface area contributed by atoms with Gasteiger partial charge in [0.25, 0.3) is 5.91 Å². The van der Waals surface area contributed by atoms with Gasteiger partial charge >= 0.3 is 0 Å². The van der Waals surface area contributed by atoms with Crippen LogP contribution in [0.1, 0.15) is 60.5 Å². The highest BCUT2D eigenvalue weighted by molar-refractivity contribution is 5.97. The van der Waals surface area contributed by atoms with Gasteiger partial charge in [-0.15, -0.1) is 0 Å². The Bertz CT molecular complexity index is 841. The maximum absolute atomic E-state index is 12.5. The minimum atomic E-state index is -0.320. The molecule has 0 heterocycles. The van der Waals surface area contributed by atoms with Crippen LogP contribution in [0.5, 0.6) is 5.75 Å². The lowest BCUT2D eigenvalue weighted by molar-refractivity contribution is -0.122. The van der Waals surface area contributed by atoms with Crippen LogP contribution in [0.2, 0.25) is 0 Å². The number of phenols is 1. The Morgan fingerprint density at radius 2 is 1.93 bits per heavy atom. The lowest BCUT2D eigenvalue weighted by Gasteiger charge is -2.24. The van der Waals surface area contributed by atoms with Gasteiger partial charge in [0.1, 0.15) is 5.75 Å². The first kappa shape index (κ1) is 19.0. The van der Waals surface area contributed by atoms with Crippen LogP contribution in [-0.4, -0.2) is 16.9 Å². The van der Waals surface area contributed by atoms with Gasteiger partial charge in [-0.3, -0.25) is 9.59 Å². The van der Waals surface area contributed by atoms with Crippen LogP contribution in [-0.2, 0) is 11.3 Å².